The number of amides is 1. The van der Waals surface area contributed by atoms with Crippen molar-refractivity contribution >= 4 is 11.7 Å². The number of anilines is 1. The molecule has 3 heterocycles. The number of fused-ring (bicyclic) bond motifs is 1. The van der Waals surface area contributed by atoms with Crippen molar-refractivity contribution in [2.24, 2.45) is 0 Å². The van der Waals surface area contributed by atoms with E-state index in [-0.39, 0.29) is 11.9 Å². The van der Waals surface area contributed by atoms with Gasteiger partial charge in [0.05, 0.1) is 23.8 Å². The third-order valence-corrected chi connectivity index (χ3v) is 6.33. The standard InChI is InChI=1S/C23H28F3N5O/c1-15(32)31-13-10-19-18(14-31)21(29-22(28-19)20-4-3-12-30(20)2)27-11-9-16-5-7-17(8-6-16)23(24,25)26/h5-8,20H,3-4,9-14H2,1-2H3,(H,27,28,29). The molecule has 0 radical (unpaired) electrons. The minimum absolute atomic E-state index is 0.0194. The summed E-state index contributed by atoms with van der Waals surface area (Å²) in [5.41, 5.74) is 2.08. The van der Waals surface area contributed by atoms with E-state index in [1.807, 2.05) is 0 Å². The Labute approximate surface area is 185 Å². The quantitative estimate of drug-likeness (QED) is 0.755. The van der Waals surface area contributed by atoms with Gasteiger partial charge in [-0.1, -0.05) is 12.1 Å². The number of nitrogens with one attached hydrogen (secondary N) is 1. The molecule has 1 fully saturated rings. The van der Waals surface area contributed by atoms with Crippen LogP contribution in [-0.2, 0) is 30.4 Å². The van der Waals surface area contributed by atoms with Gasteiger partial charge in [-0.2, -0.15) is 13.2 Å². The number of alkyl halides is 3. The monoisotopic (exact) mass is 447 g/mol. The molecule has 6 nitrogen and oxygen atoms in total. The number of halogens is 3. The SMILES string of the molecule is CC(=O)N1CCc2nc(C3CCCN3C)nc(NCCc3ccc(C(F)(F)F)cc3)c2C1. The fraction of sp³-hybridized carbons (Fsp3) is 0.522. The Kier molecular flexibility index (Phi) is 6.37. The van der Waals surface area contributed by atoms with E-state index >= 15 is 0 Å². The van der Waals surface area contributed by atoms with Crippen molar-refractivity contribution < 1.29 is 18.0 Å². The van der Waals surface area contributed by atoms with Crippen LogP contribution in [-0.4, -0.2) is 52.4 Å². The maximum Gasteiger partial charge on any atom is 0.416 e. The predicted molar refractivity (Wildman–Crippen MR) is 115 cm³/mol. The van der Waals surface area contributed by atoms with Crippen molar-refractivity contribution in [3.8, 4) is 0 Å². The highest BCUT2D eigenvalue weighted by Crippen LogP contribution is 2.32. The number of carbonyl (C=O) groups is 1. The minimum atomic E-state index is -4.33. The lowest BCUT2D eigenvalue weighted by molar-refractivity contribution is -0.137. The minimum Gasteiger partial charge on any atom is -0.369 e. The summed E-state index contributed by atoms with van der Waals surface area (Å²) in [5.74, 6) is 1.55. The third kappa shape index (κ3) is 4.87. The summed E-state index contributed by atoms with van der Waals surface area (Å²) in [5, 5.41) is 3.37. The molecule has 1 atom stereocenters. The normalized spacial score (nSPS) is 19.2. The molecule has 1 unspecified atom stereocenters. The average molecular weight is 448 g/mol. The van der Waals surface area contributed by atoms with Gasteiger partial charge in [0.15, 0.2) is 0 Å². The molecule has 1 amide bonds. The van der Waals surface area contributed by atoms with Crippen LogP contribution in [0.4, 0.5) is 19.0 Å². The molecule has 1 aromatic heterocycles. The lowest BCUT2D eigenvalue weighted by Gasteiger charge is -2.30. The van der Waals surface area contributed by atoms with Crippen molar-refractivity contribution in [2.75, 3.05) is 32.0 Å². The number of likely N-dealkylation sites (tertiary alicyclic amines) is 1. The van der Waals surface area contributed by atoms with Crippen molar-refractivity contribution in [1.29, 1.82) is 0 Å². The molecule has 0 aliphatic carbocycles. The summed E-state index contributed by atoms with van der Waals surface area (Å²) in [6, 6.07) is 5.43. The van der Waals surface area contributed by atoms with Gasteiger partial charge in [-0.3, -0.25) is 9.69 Å². The van der Waals surface area contributed by atoms with E-state index in [0.29, 0.717) is 32.5 Å². The summed E-state index contributed by atoms with van der Waals surface area (Å²) in [4.78, 5) is 25.7. The molecule has 9 heteroatoms. The second kappa shape index (κ2) is 9.05. The van der Waals surface area contributed by atoms with Gasteiger partial charge in [0.25, 0.3) is 0 Å². The van der Waals surface area contributed by atoms with Crippen molar-refractivity contribution in [3.63, 3.8) is 0 Å². The molecule has 2 aromatic rings. The number of nitrogens with zero attached hydrogens (tertiary/aromatic N) is 4. The van der Waals surface area contributed by atoms with Crippen LogP contribution in [0.25, 0.3) is 0 Å². The summed E-state index contributed by atoms with van der Waals surface area (Å²) >= 11 is 0. The zero-order valence-corrected chi connectivity index (χ0v) is 18.4. The van der Waals surface area contributed by atoms with Crippen LogP contribution in [0.1, 0.15) is 54.0 Å². The van der Waals surface area contributed by atoms with E-state index in [0.717, 1.165) is 60.0 Å². The highest BCUT2D eigenvalue weighted by Gasteiger charge is 2.31. The molecule has 2 aliphatic rings. The third-order valence-electron chi connectivity index (χ3n) is 6.33. The fourth-order valence-electron chi connectivity index (χ4n) is 4.42. The smallest absolute Gasteiger partial charge is 0.369 e. The van der Waals surface area contributed by atoms with Crippen LogP contribution in [0.3, 0.4) is 0 Å². The van der Waals surface area contributed by atoms with Crippen molar-refractivity contribution in [2.45, 2.75) is 51.4 Å². The van der Waals surface area contributed by atoms with Crippen LogP contribution in [0, 0.1) is 0 Å². The van der Waals surface area contributed by atoms with Crippen LogP contribution in [0.5, 0.6) is 0 Å². The lowest BCUT2D eigenvalue weighted by Crippen LogP contribution is -2.36. The molecule has 1 saturated heterocycles. The Bertz CT molecular complexity index is 977. The zero-order valence-electron chi connectivity index (χ0n) is 18.4. The molecule has 0 spiro atoms. The van der Waals surface area contributed by atoms with E-state index < -0.39 is 11.7 Å². The number of rotatable bonds is 5. The number of carbonyl (C=O) groups excluding carboxylic acids is 1. The molecular formula is C23H28F3N5O. The number of aromatic nitrogens is 2. The van der Waals surface area contributed by atoms with Gasteiger partial charge in [0.2, 0.25) is 5.91 Å². The molecule has 1 N–H and O–H groups in total. The highest BCUT2D eigenvalue weighted by atomic mass is 19.4. The van der Waals surface area contributed by atoms with Gasteiger partial charge >= 0.3 is 6.18 Å². The molecule has 172 valence electrons. The predicted octanol–water partition coefficient (Wildman–Crippen LogP) is 3.82. The number of hydrogen-bond donors (Lipinski definition) is 1. The first kappa shape index (κ1) is 22.5. The van der Waals surface area contributed by atoms with E-state index in [2.05, 4.69) is 17.3 Å². The second-order valence-electron chi connectivity index (χ2n) is 8.56. The van der Waals surface area contributed by atoms with Crippen LogP contribution in [0.15, 0.2) is 24.3 Å². The largest absolute Gasteiger partial charge is 0.416 e. The van der Waals surface area contributed by atoms with Crippen molar-refractivity contribution in [1.82, 2.24) is 19.8 Å². The highest BCUT2D eigenvalue weighted by molar-refractivity contribution is 5.74. The Morgan fingerprint density at radius 3 is 2.56 bits per heavy atom. The van der Waals surface area contributed by atoms with E-state index in [9.17, 15) is 18.0 Å². The maximum atomic E-state index is 12.8. The Morgan fingerprint density at radius 2 is 1.94 bits per heavy atom. The van der Waals surface area contributed by atoms with Gasteiger partial charge in [0.1, 0.15) is 11.6 Å². The average Bonchev–Trinajstić information content (AvgIpc) is 3.18. The Hall–Kier alpha value is -2.68. The fourth-order valence-corrected chi connectivity index (χ4v) is 4.42. The molecule has 0 bridgehead atoms. The summed E-state index contributed by atoms with van der Waals surface area (Å²) in [6.07, 6.45) is -0.958. The van der Waals surface area contributed by atoms with Crippen LogP contribution >= 0.6 is 0 Å². The topological polar surface area (TPSA) is 61.4 Å². The number of benzene rings is 1. The molecule has 2 aliphatic heterocycles. The van der Waals surface area contributed by atoms with Crippen molar-refractivity contribution in [3.05, 3.63) is 52.5 Å². The van der Waals surface area contributed by atoms with Gasteiger partial charge in [-0.25, -0.2) is 9.97 Å². The maximum absolute atomic E-state index is 12.8. The van der Waals surface area contributed by atoms with E-state index in [1.165, 1.54) is 12.1 Å². The first-order valence-corrected chi connectivity index (χ1v) is 11.0. The first-order valence-electron chi connectivity index (χ1n) is 11.0. The van der Waals surface area contributed by atoms with E-state index in [4.69, 9.17) is 9.97 Å². The van der Waals surface area contributed by atoms with Gasteiger partial charge < -0.3 is 10.2 Å². The molecule has 0 saturated carbocycles. The van der Waals surface area contributed by atoms with Gasteiger partial charge in [0, 0.05) is 32.0 Å². The summed E-state index contributed by atoms with van der Waals surface area (Å²) in [6.45, 7) is 4.21. The molecule has 32 heavy (non-hydrogen) atoms. The first-order chi connectivity index (χ1) is 15.2. The zero-order chi connectivity index (χ0) is 22.9. The van der Waals surface area contributed by atoms with Gasteiger partial charge in [-0.15, -0.1) is 0 Å². The summed E-state index contributed by atoms with van der Waals surface area (Å²) in [7, 11) is 2.08. The molecular weight excluding hydrogens is 419 g/mol. The molecule has 4 rings (SSSR count). The number of hydrogen-bond acceptors (Lipinski definition) is 5. The lowest BCUT2D eigenvalue weighted by atomic mass is 10.0. The summed E-state index contributed by atoms with van der Waals surface area (Å²) < 4.78 is 38.3. The second-order valence-corrected chi connectivity index (χ2v) is 8.56. The van der Waals surface area contributed by atoms with Crippen LogP contribution in [0.2, 0.25) is 0 Å². The van der Waals surface area contributed by atoms with E-state index in [1.54, 1.807) is 11.8 Å². The van der Waals surface area contributed by atoms with Gasteiger partial charge in [-0.05, 0) is 50.6 Å². The Morgan fingerprint density at radius 1 is 1.19 bits per heavy atom. The Balaban J connectivity index is 1.52. The van der Waals surface area contributed by atoms with Crippen LogP contribution < -0.4 is 5.32 Å². The molecule has 1 aromatic carbocycles.